The molecule has 0 atom stereocenters. The third-order valence-corrected chi connectivity index (χ3v) is 2.23. The fraction of sp³-hybridized carbons (Fsp3) is 0.200. The van der Waals surface area contributed by atoms with Crippen LogP contribution in [0.25, 0.3) is 0 Å². The highest BCUT2D eigenvalue weighted by Crippen LogP contribution is 2.23. The molecule has 44 valence electrons. The summed E-state index contributed by atoms with van der Waals surface area (Å²) < 4.78 is 0. The third-order valence-electron chi connectivity index (χ3n) is 1.00. The molecule has 0 aliphatic heterocycles. The monoisotopic (exact) mass is 145 g/mol. The van der Waals surface area contributed by atoms with Crippen LogP contribution in [0.5, 0.6) is 0 Å². The Morgan fingerprint density at radius 3 is 2.75 bits per heavy atom. The van der Waals surface area contributed by atoms with Gasteiger partial charge in [-0.2, -0.15) is 0 Å². The molecule has 0 bridgehead atoms. The molecule has 0 amide bonds. The fourth-order valence-corrected chi connectivity index (χ4v) is 1.46. The van der Waals surface area contributed by atoms with Gasteiger partial charge in [0.25, 0.3) is 0 Å². The second-order valence-corrected chi connectivity index (χ2v) is 2.73. The van der Waals surface area contributed by atoms with E-state index >= 15 is 0 Å². The average molecular weight is 145 g/mol. The summed E-state index contributed by atoms with van der Waals surface area (Å²) >= 11 is 4.04. The Bertz CT molecular complexity index is 171. The van der Waals surface area contributed by atoms with Gasteiger partial charge in [0, 0.05) is 16.8 Å². The molecule has 1 heterocycles. The first-order chi connectivity index (χ1) is 3.84. The molecule has 8 heavy (non-hydrogen) atoms. The topological polar surface area (TPSA) is 15.8 Å². The zero-order valence-electron chi connectivity index (χ0n) is 4.51. The maximum absolute atomic E-state index is 4.04. The molecule has 1 nitrogen and oxygen atoms in total. The van der Waals surface area contributed by atoms with E-state index in [4.69, 9.17) is 0 Å². The van der Waals surface area contributed by atoms with Crippen molar-refractivity contribution in [2.24, 2.45) is 0 Å². The first-order valence-electron chi connectivity index (χ1n) is 2.30. The molecule has 0 aliphatic carbocycles. The molecule has 0 spiro atoms. The number of rotatable bonds is 1. The van der Waals surface area contributed by atoms with E-state index in [1.807, 2.05) is 19.2 Å². The number of thiol groups is 1. The third kappa shape index (κ3) is 1.03. The summed E-state index contributed by atoms with van der Waals surface area (Å²) in [7, 11) is 1.47. The van der Waals surface area contributed by atoms with Gasteiger partial charge < -0.3 is 4.98 Å². The number of hydrogen-bond donors (Lipinski definition) is 2. The Morgan fingerprint density at radius 1 is 1.75 bits per heavy atom. The number of H-pyrrole nitrogens is 1. The molecule has 1 rings (SSSR count). The molecule has 0 saturated heterocycles. The van der Waals surface area contributed by atoms with E-state index in [9.17, 15) is 0 Å². The SMILES string of the molecule is Cc1[nH]ccc1SS. The van der Waals surface area contributed by atoms with Crippen LogP contribution in [0.15, 0.2) is 17.2 Å². The molecular formula is C5H7NS2. The van der Waals surface area contributed by atoms with Crippen molar-refractivity contribution in [3.05, 3.63) is 18.0 Å². The summed E-state index contributed by atoms with van der Waals surface area (Å²) in [6.07, 6.45) is 1.91. The minimum Gasteiger partial charge on any atom is -0.364 e. The molecule has 0 saturated carbocycles. The standard InChI is InChI=1S/C5H7NS2/c1-4-5(8-7)2-3-6-4/h2-3,6-7H,1H3. The Labute approximate surface area is 57.7 Å². The number of nitrogens with one attached hydrogen (secondary N) is 1. The molecular weight excluding hydrogens is 138 g/mol. The summed E-state index contributed by atoms with van der Waals surface area (Å²) in [4.78, 5) is 4.25. The van der Waals surface area contributed by atoms with Crippen molar-refractivity contribution in [2.75, 3.05) is 0 Å². The largest absolute Gasteiger partial charge is 0.364 e. The quantitative estimate of drug-likeness (QED) is 0.457. The lowest BCUT2D eigenvalue weighted by Crippen LogP contribution is -1.67. The van der Waals surface area contributed by atoms with Crippen LogP contribution in [-0.4, -0.2) is 4.98 Å². The van der Waals surface area contributed by atoms with Crippen molar-refractivity contribution in [3.8, 4) is 0 Å². The zero-order chi connectivity index (χ0) is 5.98. The Kier molecular flexibility index (Phi) is 1.91. The Morgan fingerprint density at radius 2 is 2.50 bits per heavy atom. The van der Waals surface area contributed by atoms with E-state index in [0.717, 1.165) is 0 Å². The van der Waals surface area contributed by atoms with E-state index in [-0.39, 0.29) is 0 Å². The van der Waals surface area contributed by atoms with Gasteiger partial charge in [0.2, 0.25) is 0 Å². The summed E-state index contributed by atoms with van der Waals surface area (Å²) in [5.41, 5.74) is 1.19. The molecule has 3 heteroatoms. The zero-order valence-corrected chi connectivity index (χ0v) is 6.22. The molecule has 0 fully saturated rings. The first kappa shape index (κ1) is 6.11. The highest BCUT2D eigenvalue weighted by molar-refractivity contribution is 8.68. The van der Waals surface area contributed by atoms with Crippen LogP contribution < -0.4 is 0 Å². The highest BCUT2D eigenvalue weighted by atomic mass is 33.1. The van der Waals surface area contributed by atoms with Crippen LogP contribution in [-0.2, 0) is 0 Å². The highest BCUT2D eigenvalue weighted by Gasteiger charge is 1.93. The predicted molar refractivity (Wildman–Crippen MR) is 40.4 cm³/mol. The van der Waals surface area contributed by atoms with Gasteiger partial charge in [0.15, 0.2) is 0 Å². The van der Waals surface area contributed by atoms with Gasteiger partial charge in [-0.15, -0.1) is 11.7 Å². The number of aromatic nitrogens is 1. The summed E-state index contributed by atoms with van der Waals surface area (Å²) in [5.74, 6) is 0. The second kappa shape index (κ2) is 2.51. The van der Waals surface area contributed by atoms with Crippen molar-refractivity contribution >= 4 is 22.5 Å². The summed E-state index contributed by atoms with van der Waals surface area (Å²) in [5, 5.41) is 0. The number of aryl methyl sites for hydroxylation is 1. The van der Waals surface area contributed by atoms with Crippen LogP contribution in [0.4, 0.5) is 0 Å². The van der Waals surface area contributed by atoms with Gasteiger partial charge in [-0.05, 0) is 13.0 Å². The van der Waals surface area contributed by atoms with Crippen LogP contribution in [0.2, 0.25) is 0 Å². The van der Waals surface area contributed by atoms with Gasteiger partial charge in [-0.25, -0.2) is 0 Å². The average Bonchev–Trinajstić information content (AvgIpc) is 2.14. The summed E-state index contributed by atoms with van der Waals surface area (Å²) in [6, 6.07) is 2.01. The van der Waals surface area contributed by atoms with Crippen molar-refractivity contribution < 1.29 is 0 Å². The molecule has 0 unspecified atom stereocenters. The lowest BCUT2D eigenvalue weighted by atomic mass is 10.5. The van der Waals surface area contributed by atoms with Gasteiger partial charge in [0.1, 0.15) is 0 Å². The van der Waals surface area contributed by atoms with Crippen molar-refractivity contribution in [1.82, 2.24) is 4.98 Å². The molecule has 1 aromatic heterocycles. The number of aromatic amines is 1. The molecule has 0 aliphatic rings. The normalized spacial score (nSPS) is 9.75. The van der Waals surface area contributed by atoms with Gasteiger partial charge in [0.05, 0.1) is 0 Å². The Balaban J connectivity index is 2.92. The lowest BCUT2D eigenvalue weighted by Gasteiger charge is -1.87. The number of hydrogen-bond acceptors (Lipinski definition) is 2. The minimum atomic E-state index is 1.19. The molecule has 1 N–H and O–H groups in total. The Hall–Kier alpha value is -0.0200. The van der Waals surface area contributed by atoms with Gasteiger partial charge >= 0.3 is 0 Å². The van der Waals surface area contributed by atoms with Crippen molar-refractivity contribution in [3.63, 3.8) is 0 Å². The minimum absolute atomic E-state index is 1.19. The van der Waals surface area contributed by atoms with E-state index in [1.165, 1.54) is 21.4 Å². The van der Waals surface area contributed by atoms with E-state index in [2.05, 4.69) is 16.6 Å². The first-order valence-corrected chi connectivity index (χ1v) is 4.17. The predicted octanol–water partition coefficient (Wildman–Crippen LogP) is 2.26. The summed E-state index contributed by atoms with van der Waals surface area (Å²) in [6.45, 7) is 2.03. The van der Waals surface area contributed by atoms with Crippen LogP contribution in [0.1, 0.15) is 5.69 Å². The van der Waals surface area contributed by atoms with Gasteiger partial charge in [-0.3, -0.25) is 0 Å². The fourth-order valence-electron chi connectivity index (χ4n) is 0.537. The lowest BCUT2D eigenvalue weighted by molar-refractivity contribution is 1.21. The molecule has 0 radical (unpaired) electrons. The van der Waals surface area contributed by atoms with Crippen LogP contribution in [0, 0.1) is 6.92 Å². The van der Waals surface area contributed by atoms with Gasteiger partial charge in [-0.1, -0.05) is 10.8 Å². The van der Waals surface area contributed by atoms with Crippen LogP contribution >= 0.6 is 22.5 Å². The molecule has 1 aromatic rings. The van der Waals surface area contributed by atoms with Crippen molar-refractivity contribution in [1.29, 1.82) is 0 Å². The maximum atomic E-state index is 4.04. The van der Waals surface area contributed by atoms with Crippen LogP contribution in [0.3, 0.4) is 0 Å². The molecule has 0 aromatic carbocycles. The van der Waals surface area contributed by atoms with E-state index in [0.29, 0.717) is 0 Å². The van der Waals surface area contributed by atoms with Crippen molar-refractivity contribution in [2.45, 2.75) is 11.8 Å². The van der Waals surface area contributed by atoms with E-state index < -0.39 is 0 Å². The van der Waals surface area contributed by atoms with E-state index in [1.54, 1.807) is 0 Å². The smallest absolute Gasteiger partial charge is 0.0384 e. The second-order valence-electron chi connectivity index (χ2n) is 1.56. The maximum Gasteiger partial charge on any atom is 0.0384 e.